The molecule has 0 saturated heterocycles. The van der Waals surface area contributed by atoms with E-state index in [2.05, 4.69) is 46.8 Å². The molecule has 0 aliphatic rings. The van der Waals surface area contributed by atoms with E-state index in [0.717, 1.165) is 24.2 Å². The average molecular weight is 427 g/mol. The molecule has 6 nitrogen and oxygen atoms in total. The van der Waals surface area contributed by atoms with Gasteiger partial charge in [-0.25, -0.2) is 4.98 Å². The molecule has 0 atom stereocenters. The third-order valence-electron chi connectivity index (χ3n) is 5.47. The van der Waals surface area contributed by atoms with Crippen LogP contribution in [0.15, 0.2) is 24.3 Å². The van der Waals surface area contributed by atoms with Crippen LogP contribution in [-0.4, -0.2) is 47.4 Å². The second-order valence-corrected chi connectivity index (χ2v) is 9.72. The maximum atomic E-state index is 13.4. The van der Waals surface area contributed by atoms with Crippen molar-refractivity contribution in [1.29, 1.82) is 0 Å². The van der Waals surface area contributed by atoms with Crippen molar-refractivity contribution in [2.75, 3.05) is 25.5 Å². The summed E-state index contributed by atoms with van der Waals surface area (Å²) in [7, 11) is 3.45. The van der Waals surface area contributed by atoms with Crippen molar-refractivity contribution in [2.24, 2.45) is 5.92 Å². The third kappa shape index (κ3) is 5.75. The molecule has 0 radical (unpaired) electrons. The SMILES string of the molecule is CCCN(C)C(=O)c1c(N(C)C=O)nc(-c2cccc(C(C)(C)C)c2)n1CCC(C)C. The van der Waals surface area contributed by atoms with Crippen molar-refractivity contribution in [2.45, 2.75) is 66.3 Å². The van der Waals surface area contributed by atoms with Gasteiger partial charge in [0.25, 0.3) is 5.91 Å². The van der Waals surface area contributed by atoms with Crippen LogP contribution in [0.25, 0.3) is 11.4 Å². The fraction of sp³-hybridized carbons (Fsp3) is 0.560. The minimum absolute atomic E-state index is 0.00617. The van der Waals surface area contributed by atoms with E-state index in [1.807, 2.05) is 23.6 Å². The quantitative estimate of drug-likeness (QED) is 0.532. The van der Waals surface area contributed by atoms with Crippen LogP contribution in [0.1, 0.15) is 70.4 Å². The Morgan fingerprint density at radius 2 is 1.90 bits per heavy atom. The predicted molar refractivity (Wildman–Crippen MR) is 128 cm³/mol. The summed E-state index contributed by atoms with van der Waals surface area (Å²) in [5, 5.41) is 0. The molecule has 2 rings (SSSR count). The van der Waals surface area contributed by atoms with Gasteiger partial charge in [0.1, 0.15) is 5.82 Å². The van der Waals surface area contributed by atoms with Gasteiger partial charge in [-0.05, 0) is 35.8 Å². The minimum atomic E-state index is -0.111. The number of hydrogen-bond donors (Lipinski definition) is 0. The summed E-state index contributed by atoms with van der Waals surface area (Å²) in [6.07, 6.45) is 2.48. The number of benzene rings is 1. The molecule has 0 spiro atoms. The fourth-order valence-corrected chi connectivity index (χ4v) is 3.52. The smallest absolute Gasteiger partial charge is 0.274 e. The molecule has 0 fully saturated rings. The van der Waals surface area contributed by atoms with E-state index < -0.39 is 0 Å². The summed E-state index contributed by atoms with van der Waals surface area (Å²) >= 11 is 0. The van der Waals surface area contributed by atoms with Crippen LogP contribution in [0.5, 0.6) is 0 Å². The van der Waals surface area contributed by atoms with Crippen molar-refractivity contribution >= 4 is 18.1 Å². The Kier molecular flexibility index (Phi) is 8.04. The molecule has 2 amide bonds. The van der Waals surface area contributed by atoms with E-state index in [-0.39, 0.29) is 11.3 Å². The topological polar surface area (TPSA) is 58.4 Å². The largest absolute Gasteiger partial charge is 0.340 e. The summed E-state index contributed by atoms with van der Waals surface area (Å²) in [6, 6.07) is 8.32. The van der Waals surface area contributed by atoms with Gasteiger partial charge in [-0.1, -0.05) is 59.7 Å². The number of nitrogens with zero attached hydrogens (tertiary/aromatic N) is 4. The third-order valence-corrected chi connectivity index (χ3v) is 5.47. The van der Waals surface area contributed by atoms with Crippen LogP contribution in [0.2, 0.25) is 0 Å². The number of rotatable bonds is 9. The van der Waals surface area contributed by atoms with E-state index in [1.165, 1.54) is 10.5 Å². The Bertz CT molecular complexity index is 909. The first-order valence-electron chi connectivity index (χ1n) is 11.2. The molecule has 0 aliphatic heterocycles. The Balaban J connectivity index is 2.75. The molecule has 31 heavy (non-hydrogen) atoms. The first kappa shape index (κ1) is 24.6. The Hall–Kier alpha value is -2.63. The second-order valence-electron chi connectivity index (χ2n) is 9.72. The number of hydrogen-bond acceptors (Lipinski definition) is 3. The Labute approximate surface area is 187 Å². The lowest BCUT2D eigenvalue weighted by Gasteiger charge is -2.21. The highest BCUT2D eigenvalue weighted by Gasteiger charge is 2.28. The molecule has 2 aromatic rings. The van der Waals surface area contributed by atoms with Crippen molar-refractivity contribution in [3.8, 4) is 11.4 Å². The van der Waals surface area contributed by atoms with Crippen LogP contribution in [0.4, 0.5) is 5.82 Å². The second kappa shape index (κ2) is 10.1. The molecule has 1 aromatic heterocycles. The van der Waals surface area contributed by atoms with E-state index in [1.54, 1.807) is 19.0 Å². The highest BCUT2D eigenvalue weighted by Crippen LogP contribution is 2.32. The highest BCUT2D eigenvalue weighted by molar-refractivity contribution is 6.00. The molecule has 1 heterocycles. The van der Waals surface area contributed by atoms with Gasteiger partial charge in [0.15, 0.2) is 11.5 Å². The number of aromatic nitrogens is 2. The van der Waals surface area contributed by atoms with Gasteiger partial charge in [-0.15, -0.1) is 0 Å². The van der Waals surface area contributed by atoms with Gasteiger partial charge in [-0.3, -0.25) is 9.59 Å². The number of carbonyl (C=O) groups excluding carboxylic acids is 2. The van der Waals surface area contributed by atoms with Crippen LogP contribution < -0.4 is 4.90 Å². The Morgan fingerprint density at radius 1 is 1.23 bits per heavy atom. The normalized spacial score (nSPS) is 11.6. The first-order valence-corrected chi connectivity index (χ1v) is 11.2. The van der Waals surface area contributed by atoms with Crippen LogP contribution >= 0.6 is 0 Å². The van der Waals surface area contributed by atoms with Gasteiger partial charge >= 0.3 is 0 Å². The van der Waals surface area contributed by atoms with Crippen molar-refractivity contribution in [3.63, 3.8) is 0 Å². The predicted octanol–water partition coefficient (Wildman–Crippen LogP) is 4.97. The van der Waals surface area contributed by atoms with Gasteiger partial charge in [0, 0.05) is 32.7 Å². The van der Waals surface area contributed by atoms with E-state index in [9.17, 15) is 9.59 Å². The molecule has 0 bridgehead atoms. The molecule has 170 valence electrons. The maximum absolute atomic E-state index is 13.4. The zero-order valence-electron chi connectivity index (χ0n) is 20.4. The fourth-order valence-electron chi connectivity index (χ4n) is 3.52. The summed E-state index contributed by atoms with van der Waals surface area (Å²) < 4.78 is 2.01. The van der Waals surface area contributed by atoms with Crippen LogP contribution in [0.3, 0.4) is 0 Å². The molecule has 0 saturated carbocycles. The van der Waals surface area contributed by atoms with Crippen molar-refractivity contribution in [1.82, 2.24) is 14.5 Å². The first-order chi connectivity index (χ1) is 14.5. The standard InChI is InChI=1S/C25H38N4O2/c1-9-14-27(7)24(31)21-23(28(8)17-30)26-22(29(21)15-13-18(2)3)19-11-10-12-20(16-19)25(4,5)6/h10-12,16-18H,9,13-15H2,1-8H3. The molecule has 0 N–H and O–H groups in total. The number of imidazole rings is 1. The average Bonchev–Trinajstić information content (AvgIpc) is 3.10. The Morgan fingerprint density at radius 3 is 2.45 bits per heavy atom. The van der Waals surface area contributed by atoms with E-state index in [4.69, 9.17) is 4.98 Å². The zero-order valence-corrected chi connectivity index (χ0v) is 20.4. The van der Waals surface area contributed by atoms with Crippen LogP contribution in [0, 0.1) is 5.92 Å². The summed E-state index contributed by atoms with van der Waals surface area (Å²) in [5.74, 6) is 1.49. The highest BCUT2D eigenvalue weighted by atomic mass is 16.2. The number of carbonyl (C=O) groups is 2. The summed E-state index contributed by atoms with van der Waals surface area (Å²) in [4.78, 5) is 33.0. The lowest BCUT2D eigenvalue weighted by molar-refractivity contribution is -0.107. The van der Waals surface area contributed by atoms with E-state index >= 15 is 0 Å². The number of anilines is 1. The van der Waals surface area contributed by atoms with Gasteiger partial charge < -0.3 is 14.4 Å². The molecule has 1 aromatic carbocycles. The van der Waals surface area contributed by atoms with Gasteiger partial charge in [0.2, 0.25) is 6.41 Å². The lowest BCUT2D eigenvalue weighted by atomic mass is 9.86. The van der Waals surface area contributed by atoms with Crippen LogP contribution in [-0.2, 0) is 16.8 Å². The molecule has 6 heteroatoms. The maximum Gasteiger partial charge on any atom is 0.274 e. The van der Waals surface area contributed by atoms with Gasteiger partial charge in [0.05, 0.1) is 0 Å². The number of amides is 2. The molecular weight excluding hydrogens is 388 g/mol. The zero-order chi connectivity index (χ0) is 23.3. The minimum Gasteiger partial charge on any atom is -0.340 e. The molecule has 0 aliphatic carbocycles. The molecule has 0 unspecified atom stereocenters. The van der Waals surface area contributed by atoms with E-state index in [0.29, 0.717) is 36.9 Å². The van der Waals surface area contributed by atoms with Crippen molar-refractivity contribution in [3.05, 3.63) is 35.5 Å². The molecular formula is C25H38N4O2. The summed E-state index contributed by atoms with van der Waals surface area (Å²) in [6.45, 7) is 14.2. The van der Waals surface area contributed by atoms with Crippen molar-refractivity contribution < 1.29 is 9.59 Å². The lowest BCUT2D eigenvalue weighted by Crippen LogP contribution is -2.31. The summed E-state index contributed by atoms with van der Waals surface area (Å²) in [5.41, 5.74) is 2.62. The van der Waals surface area contributed by atoms with Gasteiger partial charge in [-0.2, -0.15) is 0 Å². The monoisotopic (exact) mass is 426 g/mol.